The summed E-state index contributed by atoms with van der Waals surface area (Å²) in [7, 11) is 1.23. The summed E-state index contributed by atoms with van der Waals surface area (Å²) in [5, 5.41) is 22.5. The third-order valence-corrected chi connectivity index (χ3v) is 6.57. The Morgan fingerprint density at radius 3 is 2.33 bits per heavy atom. The predicted molar refractivity (Wildman–Crippen MR) is 132 cm³/mol. The SMILES string of the molecule is CCN(CC)CCN1C(=O)C(=O)C(=C(O)c2c(C)[nH]c(C(=O)OC)c2C)C1c1ccc([N+](=O)[O-])cc1. The fraction of sp³-hybridized carbons (Fsp3) is 0.400. The number of nitrogens with zero attached hydrogens (tertiary/aromatic N) is 3. The Morgan fingerprint density at radius 2 is 1.81 bits per heavy atom. The summed E-state index contributed by atoms with van der Waals surface area (Å²) in [4.78, 5) is 55.5. The van der Waals surface area contributed by atoms with Crippen LogP contribution in [0.3, 0.4) is 0 Å². The van der Waals surface area contributed by atoms with Gasteiger partial charge in [0.15, 0.2) is 0 Å². The molecule has 2 N–H and O–H groups in total. The van der Waals surface area contributed by atoms with Crippen LogP contribution in [0, 0.1) is 24.0 Å². The number of H-pyrrole nitrogens is 1. The number of ether oxygens (including phenoxy) is 1. The number of aliphatic hydroxyl groups is 1. The van der Waals surface area contributed by atoms with Crippen molar-refractivity contribution in [2.45, 2.75) is 33.7 Å². The number of aromatic amines is 1. The number of esters is 1. The van der Waals surface area contributed by atoms with E-state index < -0.39 is 34.4 Å². The number of carbonyl (C=O) groups is 3. The lowest BCUT2D eigenvalue weighted by Crippen LogP contribution is -2.38. The number of nitro benzene ring substituents is 1. The lowest BCUT2D eigenvalue weighted by Gasteiger charge is -2.28. The molecule has 0 bridgehead atoms. The number of methoxy groups -OCH3 is 1. The van der Waals surface area contributed by atoms with Crippen molar-refractivity contribution in [3.05, 3.63) is 68.0 Å². The number of carbonyl (C=O) groups excluding carboxylic acids is 3. The molecule has 1 amide bonds. The monoisotopic (exact) mass is 498 g/mol. The second-order valence-corrected chi connectivity index (χ2v) is 8.48. The van der Waals surface area contributed by atoms with E-state index in [1.54, 1.807) is 13.8 Å². The molecule has 0 radical (unpaired) electrons. The van der Waals surface area contributed by atoms with Gasteiger partial charge >= 0.3 is 5.97 Å². The molecule has 1 aromatic carbocycles. The summed E-state index contributed by atoms with van der Waals surface area (Å²) in [6.45, 7) is 9.42. The minimum absolute atomic E-state index is 0.124. The number of Topliss-reactive ketones (excluding diaryl/α,β-unsaturated/α-hetero) is 1. The van der Waals surface area contributed by atoms with Crippen molar-refractivity contribution < 1.29 is 29.2 Å². The molecule has 192 valence electrons. The number of rotatable bonds is 9. The predicted octanol–water partition coefficient (Wildman–Crippen LogP) is 3.09. The molecule has 2 aromatic rings. The molecule has 1 atom stereocenters. The van der Waals surface area contributed by atoms with Crippen molar-refractivity contribution in [3.63, 3.8) is 0 Å². The fourth-order valence-corrected chi connectivity index (χ4v) is 4.57. The Labute approximate surface area is 208 Å². The highest BCUT2D eigenvalue weighted by Crippen LogP contribution is 2.41. The molecule has 1 fully saturated rings. The van der Waals surface area contributed by atoms with E-state index in [9.17, 15) is 29.6 Å². The highest BCUT2D eigenvalue weighted by atomic mass is 16.6. The number of likely N-dealkylation sites (N-methyl/N-ethyl adjacent to an activating group) is 1. The first kappa shape index (κ1) is 26.6. The first-order valence-electron chi connectivity index (χ1n) is 11.6. The lowest BCUT2D eigenvalue weighted by molar-refractivity contribution is -0.384. The van der Waals surface area contributed by atoms with Gasteiger partial charge in [0.2, 0.25) is 0 Å². The summed E-state index contributed by atoms with van der Waals surface area (Å²) in [5.41, 5.74) is 1.30. The van der Waals surface area contributed by atoms with Crippen LogP contribution in [0.25, 0.3) is 5.76 Å². The lowest BCUT2D eigenvalue weighted by atomic mass is 9.94. The van der Waals surface area contributed by atoms with Crippen LogP contribution in [0.15, 0.2) is 29.8 Å². The molecule has 1 saturated heterocycles. The largest absolute Gasteiger partial charge is 0.507 e. The zero-order chi connectivity index (χ0) is 26.7. The minimum atomic E-state index is -0.961. The van der Waals surface area contributed by atoms with Gasteiger partial charge in [-0.1, -0.05) is 13.8 Å². The Kier molecular flexibility index (Phi) is 7.93. The first-order chi connectivity index (χ1) is 17.1. The van der Waals surface area contributed by atoms with E-state index in [0.29, 0.717) is 23.4 Å². The van der Waals surface area contributed by atoms with E-state index >= 15 is 0 Å². The van der Waals surface area contributed by atoms with E-state index in [-0.39, 0.29) is 29.1 Å². The highest BCUT2D eigenvalue weighted by molar-refractivity contribution is 6.46. The van der Waals surface area contributed by atoms with Crippen LogP contribution in [0.2, 0.25) is 0 Å². The number of likely N-dealkylation sites (tertiary alicyclic amines) is 1. The van der Waals surface area contributed by atoms with Gasteiger partial charge in [-0.05, 0) is 50.2 Å². The average Bonchev–Trinajstić information content (AvgIpc) is 3.30. The van der Waals surface area contributed by atoms with Crippen LogP contribution in [-0.2, 0) is 14.3 Å². The van der Waals surface area contributed by atoms with Crippen molar-refractivity contribution in [1.82, 2.24) is 14.8 Å². The summed E-state index contributed by atoms with van der Waals surface area (Å²) in [5.74, 6) is -2.70. The topological polar surface area (TPSA) is 146 Å². The van der Waals surface area contributed by atoms with E-state index in [1.165, 1.54) is 36.3 Å². The second-order valence-electron chi connectivity index (χ2n) is 8.48. The molecule has 0 saturated carbocycles. The number of nitro groups is 1. The first-order valence-corrected chi connectivity index (χ1v) is 11.6. The van der Waals surface area contributed by atoms with E-state index in [0.717, 1.165) is 13.1 Å². The van der Waals surface area contributed by atoms with Gasteiger partial charge < -0.3 is 24.6 Å². The molecular weight excluding hydrogens is 468 g/mol. The Balaban J connectivity index is 2.19. The highest BCUT2D eigenvalue weighted by Gasteiger charge is 2.46. The third-order valence-electron chi connectivity index (χ3n) is 6.57. The number of hydrogen-bond donors (Lipinski definition) is 2. The summed E-state index contributed by atoms with van der Waals surface area (Å²) < 4.78 is 4.79. The molecule has 3 rings (SSSR count). The smallest absolute Gasteiger partial charge is 0.354 e. The van der Waals surface area contributed by atoms with Gasteiger partial charge in [-0.15, -0.1) is 0 Å². The summed E-state index contributed by atoms with van der Waals surface area (Å²) in [6, 6.07) is 4.58. The number of non-ortho nitro benzene ring substituents is 1. The van der Waals surface area contributed by atoms with Gasteiger partial charge in [-0.3, -0.25) is 19.7 Å². The number of ketones is 1. The average molecular weight is 499 g/mol. The maximum Gasteiger partial charge on any atom is 0.354 e. The molecule has 0 spiro atoms. The molecular formula is C25H30N4O7. The molecule has 1 aromatic heterocycles. The molecule has 0 aliphatic carbocycles. The zero-order valence-corrected chi connectivity index (χ0v) is 21.0. The van der Waals surface area contributed by atoms with Gasteiger partial charge in [0.25, 0.3) is 17.4 Å². The van der Waals surface area contributed by atoms with Crippen molar-refractivity contribution in [2.24, 2.45) is 0 Å². The molecule has 1 aliphatic rings. The Bertz CT molecular complexity index is 1230. The number of nitrogens with one attached hydrogen (secondary N) is 1. The molecule has 36 heavy (non-hydrogen) atoms. The fourth-order valence-electron chi connectivity index (χ4n) is 4.57. The van der Waals surface area contributed by atoms with E-state index in [2.05, 4.69) is 9.88 Å². The van der Waals surface area contributed by atoms with Crippen LogP contribution in [-0.4, -0.2) is 75.8 Å². The van der Waals surface area contributed by atoms with Gasteiger partial charge in [-0.2, -0.15) is 0 Å². The van der Waals surface area contributed by atoms with Gasteiger partial charge in [0, 0.05) is 36.5 Å². The van der Waals surface area contributed by atoms with Gasteiger partial charge in [0.1, 0.15) is 11.5 Å². The normalized spacial score (nSPS) is 17.2. The molecule has 11 nitrogen and oxygen atoms in total. The maximum absolute atomic E-state index is 13.3. The zero-order valence-electron chi connectivity index (χ0n) is 21.0. The van der Waals surface area contributed by atoms with Crippen molar-refractivity contribution in [1.29, 1.82) is 0 Å². The van der Waals surface area contributed by atoms with Crippen LogP contribution >= 0.6 is 0 Å². The number of amides is 1. The number of hydrogen-bond acceptors (Lipinski definition) is 8. The van der Waals surface area contributed by atoms with Crippen LogP contribution in [0.1, 0.15) is 52.8 Å². The quantitative estimate of drug-likeness (QED) is 0.134. The minimum Gasteiger partial charge on any atom is -0.507 e. The second kappa shape index (κ2) is 10.7. The van der Waals surface area contributed by atoms with Crippen LogP contribution in [0.5, 0.6) is 0 Å². The number of aromatic nitrogens is 1. The molecule has 11 heteroatoms. The Morgan fingerprint density at radius 1 is 1.19 bits per heavy atom. The van der Waals surface area contributed by atoms with Gasteiger partial charge in [0.05, 0.1) is 23.6 Å². The number of benzene rings is 1. The van der Waals surface area contributed by atoms with Crippen molar-refractivity contribution in [3.8, 4) is 0 Å². The number of aryl methyl sites for hydroxylation is 1. The van der Waals surface area contributed by atoms with Crippen LogP contribution < -0.4 is 0 Å². The van der Waals surface area contributed by atoms with E-state index in [1.807, 2.05) is 13.8 Å². The standard InChI is InChI=1S/C25H30N4O7/c1-6-27(7-2)12-13-28-21(16-8-10-17(11-9-16)29(34)35)19(23(31)24(28)32)22(30)18-14(3)20(25(33)36-5)26-15(18)4/h8-11,21,26,30H,6-7,12-13H2,1-5H3. The van der Waals surface area contributed by atoms with Crippen molar-refractivity contribution >= 4 is 29.1 Å². The van der Waals surface area contributed by atoms with Crippen molar-refractivity contribution in [2.75, 3.05) is 33.3 Å². The molecule has 1 aliphatic heterocycles. The Hall–Kier alpha value is -3.99. The van der Waals surface area contributed by atoms with E-state index in [4.69, 9.17) is 4.74 Å². The number of aliphatic hydroxyl groups excluding tert-OH is 1. The molecule has 1 unspecified atom stereocenters. The summed E-state index contributed by atoms with van der Waals surface area (Å²) in [6.07, 6.45) is 0. The summed E-state index contributed by atoms with van der Waals surface area (Å²) >= 11 is 0. The maximum atomic E-state index is 13.3. The van der Waals surface area contributed by atoms with Gasteiger partial charge in [-0.25, -0.2) is 4.79 Å². The molecule has 2 heterocycles. The van der Waals surface area contributed by atoms with Crippen LogP contribution in [0.4, 0.5) is 5.69 Å². The third kappa shape index (κ3) is 4.74.